The zero-order valence-corrected chi connectivity index (χ0v) is 12.5. The molecule has 1 heterocycles. The Morgan fingerprint density at radius 2 is 2.15 bits per heavy atom. The number of nitrogen functional groups attached to an aromatic ring is 1. The van der Waals surface area contributed by atoms with Gasteiger partial charge in [0.25, 0.3) is 0 Å². The van der Waals surface area contributed by atoms with Crippen LogP contribution in [0.4, 0.5) is 10.1 Å². The van der Waals surface area contributed by atoms with Gasteiger partial charge in [-0.25, -0.2) is 4.39 Å². The lowest BCUT2D eigenvalue weighted by molar-refractivity contribution is 0.133. The summed E-state index contributed by atoms with van der Waals surface area (Å²) in [5, 5.41) is 17.3. The molecule has 3 unspecified atom stereocenters. The van der Waals surface area contributed by atoms with Crippen LogP contribution in [0.3, 0.4) is 0 Å². The third-order valence-corrected chi connectivity index (χ3v) is 5.29. The number of aliphatic hydroxyl groups excluding tert-OH is 1. The summed E-state index contributed by atoms with van der Waals surface area (Å²) in [6, 6.07) is 3.33. The van der Waals surface area contributed by atoms with Crippen LogP contribution in [0.25, 0.3) is 0 Å². The van der Waals surface area contributed by atoms with E-state index in [2.05, 4.69) is 15.9 Å². The Morgan fingerprint density at radius 3 is 2.80 bits per heavy atom. The maximum Gasteiger partial charge on any atom is 0.161 e. The van der Waals surface area contributed by atoms with E-state index in [4.69, 9.17) is 11.1 Å². The second-order valence-electron chi connectivity index (χ2n) is 5.65. The highest BCUT2D eigenvalue weighted by molar-refractivity contribution is 9.10. The Morgan fingerprint density at radius 1 is 1.40 bits per heavy atom. The molecule has 2 aliphatic rings. The third kappa shape index (κ3) is 2.11. The molecule has 3 rings (SSSR count). The molecular weight excluding hydrogens is 325 g/mol. The molecule has 0 aromatic heterocycles. The van der Waals surface area contributed by atoms with Gasteiger partial charge in [-0.15, -0.1) is 0 Å². The van der Waals surface area contributed by atoms with Crippen LogP contribution in [0.2, 0.25) is 0 Å². The SMILES string of the molecule is N=C(N)c1ccc(N2CC3CCC(O)C3C2)c(F)c1Br. The van der Waals surface area contributed by atoms with Crippen molar-refractivity contribution >= 4 is 27.5 Å². The lowest BCUT2D eigenvalue weighted by Crippen LogP contribution is -2.25. The molecule has 20 heavy (non-hydrogen) atoms. The third-order valence-electron chi connectivity index (χ3n) is 4.51. The van der Waals surface area contributed by atoms with E-state index in [0.717, 1.165) is 19.4 Å². The average Bonchev–Trinajstić information content (AvgIpc) is 2.95. The fraction of sp³-hybridized carbons (Fsp3) is 0.500. The van der Waals surface area contributed by atoms with Crippen molar-refractivity contribution in [2.45, 2.75) is 18.9 Å². The molecule has 0 amide bonds. The van der Waals surface area contributed by atoms with E-state index in [1.807, 2.05) is 4.90 Å². The van der Waals surface area contributed by atoms with Crippen molar-refractivity contribution in [1.29, 1.82) is 5.41 Å². The molecule has 0 bridgehead atoms. The number of fused-ring (bicyclic) bond motifs is 1. The summed E-state index contributed by atoms with van der Waals surface area (Å²) in [5.74, 6) is 0.166. The molecule has 1 saturated heterocycles. The van der Waals surface area contributed by atoms with Gasteiger partial charge in [-0.05, 0) is 46.8 Å². The number of nitrogens with one attached hydrogen (secondary N) is 1. The standard InChI is InChI=1S/C14H17BrFN3O/c15-12-8(14(17)18)2-3-10(13(12)16)19-5-7-1-4-11(20)9(7)6-19/h2-3,7,9,11,20H,1,4-6H2,(H3,17,18). The van der Waals surface area contributed by atoms with Gasteiger partial charge in [0.1, 0.15) is 5.84 Å². The number of aliphatic hydroxyl groups is 1. The molecule has 4 N–H and O–H groups in total. The van der Waals surface area contributed by atoms with E-state index in [1.165, 1.54) is 0 Å². The molecular formula is C14H17BrFN3O. The van der Waals surface area contributed by atoms with Gasteiger partial charge in [0.2, 0.25) is 0 Å². The summed E-state index contributed by atoms with van der Waals surface area (Å²) in [5.41, 5.74) is 6.30. The van der Waals surface area contributed by atoms with E-state index in [9.17, 15) is 9.50 Å². The molecule has 4 nitrogen and oxygen atoms in total. The van der Waals surface area contributed by atoms with E-state index < -0.39 is 0 Å². The van der Waals surface area contributed by atoms with Crippen LogP contribution < -0.4 is 10.6 Å². The Balaban J connectivity index is 1.89. The van der Waals surface area contributed by atoms with Crippen molar-refractivity contribution in [1.82, 2.24) is 0 Å². The molecule has 1 aromatic rings. The second kappa shape index (κ2) is 5.00. The molecule has 0 spiro atoms. The Kier molecular flexibility index (Phi) is 3.46. The van der Waals surface area contributed by atoms with Gasteiger partial charge in [0.15, 0.2) is 5.82 Å². The zero-order valence-electron chi connectivity index (χ0n) is 10.9. The molecule has 2 fully saturated rings. The quantitative estimate of drug-likeness (QED) is 0.569. The molecule has 1 aromatic carbocycles. The maximum absolute atomic E-state index is 14.4. The average molecular weight is 342 g/mol. The van der Waals surface area contributed by atoms with E-state index >= 15 is 0 Å². The second-order valence-corrected chi connectivity index (χ2v) is 6.44. The number of halogens is 2. The smallest absolute Gasteiger partial charge is 0.161 e. The molecule has 1 aliphatic carbocycles. The van der Waals surface area contributed by atoms with E-state index in [1.54, 1.807) is 12.1 Å². The van der Waals surface area contributed by atoms with Crippen LogP contribution >= 0.6 is 15.9 Å². The van der Waals surface area contributed by atoms with Crippen LogP contribution in [-0.2, 0) is 0 Å². The first-order valence-electron chi connectivity index (χ1n) is 6.74. The molecule has 0 radical (unpaired) electrons. The van der Waals surface area contributed by atoms with E-state index in [-0.39, 0.29) is 28.1 Å². The van der Waals surface area contributed by atoms with Crippen LogP contribution in [0.5, 0.6) is 0 Å². The number of hydrogen-bond acceptors (Lipinski definition) is 3. The topological polar surface area (TPSA) is 73.3 Å². The van der Waals surface area contributed by atoms with Crippen molar-refractivity contribution in [2.24, 2.45) is 17.6 Å². The van der Waals surface area contributed by atoms with Gasteiger partial charge in [0, 0.05) is 24.6 Å². The predicted molar refractivity (Wildman–Crippen MR) is 79.5 cm³/mol. The highest BCUT2D eigenvalue weighted by Gasteiger charge is 2.42. The number of hydrogen-bond donors (Lipinski definition) is 3. The molecule has 1 aliphatic heterocycles. The van der Waals surface area contributed by atoms with Gasteiger partial charge >= 0.3 is 0 Å². The van der Waals surface area contributed by atoms with Gasteiger partial charge in [-0.1, -0.05) is 0 Å². The molecule has 1 saturated carbocycles. The Hall–Kier alpha value is -1.14. The maximum atomic E-state index is 14.4. The van der Waals surface area contributed by atoms with Crippen LogP contribution in [0.15, 0.2) is 16.6 Å². The summed E-state index contributed by atoms with van der Waals surface area (Å²) in [4.78, 5) is 1.99. The first-order chi connectivity index (χ1) is 9.49. The van der Waals surface area contributed by atoms with E-state index in [0.29, 0.717) is 23.7 Å². The Bertz CT molecular complexity index is 566. The number of nitrogens with two attached hydrogens (primary N) is 1. The summed E-state index contributed by atoms with van der Waals surface area (Å²) in [6.45, 7) is 1.47. The minimum atomic E-state index is -0.382. The summed E-state index contributed by atoms with van der Waals surface area (Å²) in [6.07, 6.45) is 1.61. The number of amidine groups is 1. The highest BCUT2D eigenvalue weighted by Crippen LogP contribution is 2.41. The van der Waals surface area contributed by atoms with Gasteiger partial charge in [-0.2, -0.15) is 0 Å². The minimum Gasteiger partial charge on any atom is -0.393 e. The number of benzene rings is 1. The van der Waals surface area contributed by atoms with Crippen LogP contribution in [0.1, 0.15) is 18.4 Å². The largest absolute Gasteiger partial charge is 0.393 e. The lowest BCUT2D eigenvalue weighted by atomic mass is 10.00. The minimum absolute atomic E-state index is 0.156. The van der Waals surface area contributed by atoms with Crippen molar-refractivity contribution < 1.29 is 9.50 Å². The fourth-order valence-electron chi connectivity index (χ4n) is 3.42. The normalized spacial score (nSPS) is 28.8. The van der Waals surface area contributed by atoms with Crippen molar-refractivity contribution in [3.8, 4) is 0 Å². The number of rotatable bonds is 2. The first kappa shape index (κ1) is 13.8. The number of nitrogens with zero attached hydrogens (tertiary/aromatic N) is 1. The van der Waals surface area contributed by atoms with Gasteiger partial charge < -0.3 is 15.7 Å². The fourth-order valence-corrected chi connectivity index (χ4v) is 3.97. The zero-order chi connectivity index (χ0) is 14.4. The van der Waals surface area contributed by atoms with Gasteiger partial charge in [-0.3, -0.25) is 5.41 Å². The van der Waals surface area contributed by atoms with Crippen LogP contribution in [-0.4, -0.2) is 30.1 Å². The van der Waals surface area contributed by atoms with Crippen molar-refractivity contribution in [3.63, 3.8) is 0 Å². The van der Waals surface area contributed by atoms with Crippen LogP contribution in [0, 0.1) is 23.1 Å². The lowest BCUT2D eigenvalue weighted by Gasteiger charge is -2.22. The monoisotopic (exact) mass is 341 g/mol. The molecule has 6 heteroatoms. The summed E-state index contributed by atoms with van der Waals surface area (Å²) in [7, 11) is 0. The van der Waals surface area contributed by atoms with Crippen molar-refractivity contribution in [2.75, 3.05) is 18.0 Å². The predicted octanol–water partition coefficient (Wildman–Crippen LogP) is 2.08. The summed E-state index contributed by atoms with van der Waals surface area (Å²) < 4.78 is 14.7. The van der Waals surface area contributed by atoms with Crippen molar-refractivity contribution in [3.05, 3.63) is 28.0 Å². The summed E-state index contributed by atoms with van der Waals surface area (Å²) >= 11 is 3.18. The first-order valence-corrected chi connectivity index (χ1v) is 7.53. The number of anilines is 1. The highest BCUT2D eigenvalue weighted by atomic mass is 79.9. The Labute approximate surface area is 125 Å². The molecule has 108 valence electrons. The molecule has 3 atom stereocenters. The van der Waals surface area contributed by atoms with Gasteiger partial charge in [0.05, 0.1) is 16.3 Å².